The number of nitrogens with one attached hydrogen (secondary N) is 1. The monoisotopic (exact) mass is 329 g/mol. The van der Waals surface area contributed by atoms with Gasteiger partial charge in [0.2, 0.25) is 0 Å². The Bertz CT molecular complexity index is 506. The predicted octanol–water partition coefficient (Wildman–Crippen LogP) is 1.21. The third-order valence-corrected chi connectivity index (χ3v) is 3.78. The summed E-state index contributed by atoms with van der Waals surface area (Å²) in [6, 6.07) is -1.13. The van der Waals surface area contributed by atoms with E-state index in [0.717, 1.165) is 0 Å². The van der Waals surface area contributed by atoms with E-state index in [4.69, 9.17) is 5.11 Å². The Hall–Kier alpha value is -1.77. The highest BCUT2D eigenvalue weighted by molar-refractivity contribution is 7.98. The molecule has 0 spiro atoms. The fraction of sp³-hybridized carbons (Fsp3) is 0.692. The molecule has 0 unspecified atom stereocenters. The number of carboxylic acid groups (broad SMARTS) is 1. The lowest BCUT2D eigenvalue weighted by Gasteiger charge is -2.21. The topological polar surface area (TPSA) is 100 Å². The average Bonchev–Trinajstić information content (AvgIpc) is 2.91. The minimum atomic E-state index is -1.03. The molecule has 1 heterocycles. The van der Waals surface area contributed by atoms with Crippen molar-refractivity contribution >= 4 is 23.8 Å². The van der Waals surface area contributed by atoms with Crippen LogP contribution in [0, 0.1) is 0 Å². The summed E-state index contributed by atoms with van der Waals surface area (Å²) in [5.41, 5.74) is 0. The van der Waals surface area contributed by atoms with Crippen LogP contribution in [0.25, 0.3) is 0 Å². The van der Waals surface area contributed by atoms with E-state index in [2.05, 4.69) is 15.5 Å². The smallest absolute Gasteiger partial charge is 0.326 e. The number of urea groups is 1. The molecule has 0 aliphatic heterocycles. The summed E-state index contributed by atoms with van der Waals surface area (Å²) in [5, 5.41) is 19.5. The van der Waals surface area contributed by atoms with Gasteiger partial charge in [-0.1, -0.05) is 0 Å². The van der Waals surface area contributed by atoms with E-state index in [0.29, 0.717) is 18.0 Å². The standard InChI is InChI=1S/C13H23N5O3S/c1-9(2)18-8-14-16-11(18)7-17(3)13(21)15-10(12(19)20)5-6-22-4/h8-10H,5-7H2,1-4H3,(H,15,21)(H,19,20)/t10-/m0/s1. The van der Waals surface area contributed by atoms with E-state index < -0.39 is 18.0 Å². The van der Waals surface area contributed by atoms with Crippen LogP contribution in [0.1, 0.15) is 32.1 Å². The van der Waals surface area contributed by atoms with Crippen molar-refractivity contribution in [3.8, 4) is 0 Å². The maximum absolute atomic E-state index is 12.1. The molecule has 0 aliphatic carbocycles. The molecule has 124 valence electrons. The van der Waals surface area contributed by atoms with Gasteiger partial charge in [0.1, 0.15) is 12.4 Å². The molecule has 2 N–H and O–H groups in total. The molecule has 0 fully saturated rings. The van der Waals surface area contributed by atoms with Crippen molar-refractivity contribution in [1.82, 2.24) is 25.0 Å². The quantitative estimate of drug-likeness (QED) is 0.743. The van der Waals surface area contributed by atoms with Crippen molar-refractivity contribution in [1.29, 1.82) is 0 Å². The number of nitrogens with zero attached hydrogens (tertiary/aromatic N) is 4. The predicted molar refractivity (Wildman–Crippen MR) is 84.8 cm³/mol. The fourth-order valence-electron chi connectivity index (χ4n) is 1.85. The number of thioether (sulfide) groups is 1. The third-order valence-electron chi connectivity index (χ3n) is 3.14. The van der Waals surface area contributed by atoms with Crippen molar-refractivity contribution in [2.45, 2.75) is 38.9 Å². The van der Waals surface area contributed by atoms with E-state index in [-0.39, 0.29) is 12.6 Å². The minimum absolute atomic E-state index is 0.190. The van der Waals surface area contributed by atoms with Gasteiger partial charge < -0.3 is 19.9 Å². The molecule has 1 rings (SSSR count). The molecule has 8 nitrogen and oxygen atoms in total. The molecule has 0 aromatic carbocycles. The Morgan fingerprint density at radius 1 is 1.50 bits per heavy atom. The SMILES string of the molecule is CSCC[C@H](NC(=O)N(C)Cc1nncn1C(C)C)C(=O)O. The van der Waals surface area contributed by atoms with Crippen LogP contribution in [-0.4, -0.2) is 61.9 Å². The van der Waals surface area contributed by atoms with E-state index in [9.17, 15) is 9.59 Å². The summed E-state index contributed by atoms with van der Waals surface area (Å²) in [4.78, 5) is 24.7. The normalized spacial score (nSPS) is 12.2. The molecular weight excluding hydrogens is 306 g/mol. The number of hydrogen-bond acceptors (Lipinski definition) is 5. The number of rotatable bonds is 8. The summed E-state index contributed by atoms with van der Waals surface area (Å²) in [6.07, 6.45) is 3.90. The summed E-state index contributed by atoms with van der Waals surface area (Å²) in [6.45, 7) is 4.25. The summed E-state index contributed by atoms with van der Waals surface area (Å²) in [7, 11) is 1.60. The minimum Gasteiger partial charge on any atom is -0.480 e. The van der Waals surface area contributed by atoms with Crippen molar-refractivity contribution in [3.63, 3.8) is 0 Å². The largest absolute Gasteiger partial charge is 0.480 e. The van der Waals surface area contributed by atoms with E-state index in [1.165, 1.54) is 4.90 Å². The average molecular weight is 329 g/mol. The molecule has 9 heteroatoms. The number of aromatic nitrogens is 3. The van der Waals surface area contributed by atoms with Crippen LogP contribution in [0.2, 0.25) is 0 Å². The Balaban J connectivity index is 2.63. The Kier molecular flexibility index (Phi) is 7.16. The number of aliphatic carboxylic acids is 1. The van der Waals surface area contributed by atoms with Gasteiger partial charge in [0, 0.05) is 13.1 Å². The highest BCUT2D eigenvalue weighted by atomic mass is 32.2. The number of amides is 2. The van der Waals surface area contributed by atoms with Gasteiger partial charge in [-0.05, 0) is 32.3 Å². The first kappa shape index (κ1) is 18.3. The van der Waals surface area contributed by atoms with E-state index in [1.807, 2.05) is 24.7 Å². The molecule has 0 saturated heterocycles. The van der Waals surface area contributed by atoms with Crippen LogP contribution < -0.4 is 5.32 Å². The lowest BCUT2D eigenvalue weighted by molar-refractivity contribution is -0.139. The van der Waals surface area contributed by atoms with Gasteiger partial charge in [0.25, 0.3) is 0 Å². The number of carbonyl (C=O) groups is 2. The zero-order valence-corrected chi connectivity index (χ0v) is 14.1. The van der Waals surface area contributed by atoms with Gasteiger partial charge in [-0.3, -0.25) is 0 Å². The number of carboxylic acids is 1. The van der Waals surface area contributed by atoms with Crippen LogP contribution in [0.15, 0.2) is 6.33 Å². The van der Waals surface area contributed by atoms with Crippen LogP contribution in [0.3, 0.4) is 0 Å². The second kappa shape index (κ2) is 8.62. The van der Waals surface area contributed by atoms with Crippen LogP contribution >= 0.6 is 11.8 Å². The van der Waals surface area contributed by atoms with Crippen LogP contribution in [0.4, 0.5) is 4.79 Å². The Morgan fingerprint density at radius 2 is 2.18 bits per heavy atom. The second-order valence-corrected chi connectivity index (χ2v) is 6.21. The van der Waals surface area contributed by atoms with Gasteiger partial charge in [0.05, 0.1) is 6.54 Å². The van der Waals surface area contributed by atoms with Crippen molar-refractivity contribution in [2.75, 3.05) is 19.1 Å². The molecular formula is C13H23N5O3S. The fourth-order valence-corrected chi connectivity index (χ4v) is 2.32. The summed E-state index contributed by atoms with van der Waals surface area (Å²) >= 11 is 1.54. The van der Waals surface area contributed by atoms with Gasteiger partial charge in [0.15, 0.2) is 5.82 Å². The van der Waals surface area contributed by atoms with Gasteiger partial charge in [-0.15, -0.1) is 10.2 Å². The number of carbonyl (C=O) groups excluding carboxylic acids is 1. The molecule has 22 heavy (non-hydrogen) atoms. The first-order valence-electron chi connectivity index (χ1n) is 6.98. The molecule has 1 atom stereocenters. The highest BCUT2D eigenvalue weighted by Crippen LogP contribution is 2.09. The lowest BCUT2D eigenvalue weighted by atomic mass is 10.2. The Labute approximate surface area is 134 Å². The Morgan fingerprint density at radius 3 is 2.73 bits per heavy atom. The van der Waals surface area contributed by atoms with Crippen LogP contribution in [0.5, 0.6) is 0 Å². The molecule has 1 aromatic rings. The van der Waals surface area contributed by atoms with Gasteiger partial charge in [-0.25, -0.2) is 9.59 Å². The first-order chi connectivity index (χ1) is 10.4. The first-order valence-corrected chi connectivity index (χ1v) is 8.38. The molecule has 1 aromatic heterocycles. The third kappa shape index (κ3) is 5.21. The molecule has 0 aliphatic rings. The maximum Gasteiger partial charge on any atom is 0.326 e. The van der Waals surface area contributed by atoms with E-state index >= 15 is 0 Å². The van der Waals surface area contributed by atoms with Crippen molar-refractivity contribution in [2.24, 2.45) is 0 Å². The zero-order chi connectivity index (χ0) is 16.7. The van der Waals surface area contributed by atoms with E-state index in [1.54, 1.807) is 25.1 Å². The number of hydrogen-bond donors (Lipinski definition) is 2. The molecule has 0 saturated carbocycles. The maximum atomic E-state index is 12.1. The highest BCUT2D eigenvalue weighted by Gasteiger charge is 2.22. The lowest BCUT2D eigenvalue weighted by Crippen LogP contribution is -2.46. The summed E-state index contributed by atoms with van der Waals surface area (Å²) in [5.74, 6) is 0.299. The van der Waals surface area contributed by atoms with Crippen molar-refractivity contribution < 1.29 is 14.7 Å². The summed E-state index contributed by atoms with van der Waals surface area (Å²) < 4.78 is 1.87. The molecule has 2 amide bonds. The van der Waals surface area contributed by atoms with Crippen molar-refractivity contribution in [3.05, 3.63) is 12.2 Å². The van der Waals surface area contributed by atoms with Gasteiger partial charge >= 0.3 is 12.0 Å². The van der Waals surface area contributed by atoms with Crippen LogP contribution in [-0.2, 0) is 11.3 Å². The molecule has 0 radical (unpaired) electrons. The molecule has 0 bridgehead atoms. The zero-order valence-electron chi connectivity index (χ0n) is 13.3. The second-order valence-electron chi connectivity index (χ2n) is 5.23. The van der Waals surface area contributed by atoms with Gasteiger partial charge in [-0.2, -0.15) is 11.8 Å².